The molecule has 0 saturated carbocycles. The lowest BCUT2D eigenvalue weighted by atomic mass is 10.2. The van der Waals surface area contributed by atoms with E-state index in [4.69, 9.17) is 0 Å². The smallest absolute Gasteiger partial charge is 0.177 e. The van der Waals surface area contributed by atoms with E-state index in [1.165, 1.54) is 0 Å². The van der Waals surface area contributed by atoms with Gasteiger partial charge in [-0.05, 0) is 25.0 Å². The first-order valence-corrected chi connectivity index (χ1v) is 6.25. The van der Waals surface area contributed by atoms with Crippen LogP contribution in [0.1, 0.15) is 19.5 Å². The maximum absolute atomic E-state index is 4.69. The van der Waals surface area contributed by atoms with Crippen molar-refractivity contribution in [2.45, 2.75) is 27.3 Å². The predicted molar refractivity (Wildman–Crippen MR) is 72.4 cm³/mol. The summed E-state index contributed by atoms with van der Waals surface area (Å²) in [7, 11) is 0. The van der Waals surface area contributed by atoms with E-state index in [9.17, 15) is 0 Å². The Bertz CT molecular complexity index is 712. The summed E-state index contributed by atoms with van der Waals surface area (Å²) in [6, 6.07) is 7.94. The van der Waals surface area contributed by atoms with Crippen LogP contribution in [0.2, 0.25) is 0 Å². The van der Waals surface area contributed by atoms with E-state index in [0.29, 0.717) is 5.92 Å². The molecule has 0 N–H and O–H groups in total. The normalized spacial score (nSPS) is 11.8. The van der Waals surface area contributed by atoms with Gasteiger partial charge in [0.05, 0.1) is 16.7 Å². The first kappa shape index (κ1) is 11.1. The number of para-hydroxylation sites is 2. The Balaban J connectivity index is 2.30. The molecule has 4 heteroatoms. The molecule has 3 aromatic rings. The summed E-state index contributed by atoms with van der Waals surface area (Å²) >= 11 is 0. The van der Waals surface area contributed by atoms with E-state index in [1.54, 1.807) is 0 Å². The van der Waals surface area contributed by atoms with Gasteiger partial charge in [0.2, 0.25) is 0 Å². The molecule has 0 unspecified atom stereocenters. The Labute approximate surface area is 106 Å². The maximum atomic E-state index is 4.69. The molecule has 0 atom stereocenters. The van der Waals surface area contributed by atoms with Gasteiger partial charge in [0.1, 0.15) is 5.52 Å². The fraction of sp³-hybridized carbons (Fsp3) is 0.357. The Kier molecular flexibility index (Phi) is 2.51. The van der Waals surface area contributed by atoms with Crippen molar-refractivity contribution in [1.29, 1.82) is 0 Å². The molecule has 92 valence electrons. The van der Waals surface area contributed by atoms with Crippen molar-refractivity contribution in [1.82, 2.24) is 19.7 Å². The van der Waals surface area contributed by atoms with Crippen LogP contribution in [0.4, 0.5) is 0 Å². The molecule has 1 aromatic carbocycles. The van der Waals surface area contributed by atoms with Crippen LogP contribution in [0.25, 0.3) is 22.2 Å². The highest BCUT2D eigenvalue weighted by Gasteiger charge is 2.12. The fourth-order valence-electron chi connectivity index (χ4n) is 2.16. The third-order valence-electron chi connectivity index (χ3n) is 2.95. The average molecular weight is 240 g/mol. The second-order valence-electron chi connectivity index (χ2n) is 5.05. The van der Waals surface area contributed by atoms with Gasteiger partial charge < -0.3 is 0 Å². The van der Waals surface area contributed by atoms with Gasteiger partial charge in [-0.2, -0.15) is 5.10 Å². The van der Waals surface area contributed by atoms with Crippen molar-refractivity contribution in [3.63, 3.8) is 0 Å². The lowest BCUT2D eigenvalue weighted by molar-refractivity contribution is 0.490. The molecule has 0 aliphatic carbocycles. The van der Waals surface area contributed by atoms with Crippen LogP contribution in [-0.2, 0) is 6.54 Å². The number of fused-ring (bicyclic) bond motifs is 2. The number of hydrogen-bond donors (Lipinski definition) is 0. The van der Waals surface area contributed by atoms with Gasteiger partial charge in [-0.15, -0.1) is 0 Å². The Morgan fingerprint density at radius 3 is 2.44 bits per heavy atom. The van der Waals surface area contributed by atoms with Gasteiger partial charge >= 0.3 is 0 Å². The second kappa shape index (κ2) is 4.05. The summed E-state index contributed by atoms with van der Waals surface area (Å²) in [5, 5.41) is 4.54. The van der Waals surface area contributed by atoms with Gasteiger partial charge in [-0.3, -0.25) is 0 Å². The highest BCUT2D eigenvalue weighted by Crippen LogP contribution is 2.19. The molecule has 2 aromatic heterocycles. The Morgan fingerprint density at radius 1 is 1.11 bits per heavy atom. The number of rotatable bonds is 2. The highest BCUT2D eigenvalue weighted by atomic mass is 15.3. The minimum atomic E-state index is 0.542. The first-order valence-electron chi connectivity index (χ1n) is 6.25. The third-order valence-corrected chi connectivity index (χ3v) is 2.95. The predicted octanol–water partition coefficient (Wildman–Crippen LogP) is 2.94. The molecule has 0 amide bonds. The van der Waals surface area contributed by atoms with Crippen molar-refractivity contribution in [3.05, 3.63) is 30.0 Å². The van der Waals surface area contributed by atoms with Crippen LogP contribution in [-0.4, -0.2) is 19.7 Å². The Morgan fingerprint density at radius 2 is 1.78 bits per heavy atom. The van der Waals surface area contributed by atoms with E-state index in [2.05, 4.69) is 28.9 Å². The number of aryl methyl sites for hydroxylation is 1. The topological polar surface area (TPSA) is 43.6 Å². The van der Waals surface area contributed by atoms with E-state index >= 15 is 0 Å². The van der Waals surface area contributed by atoms with Crippen molar-refractivity contribution in [2.75, 3.05) is 0 Å². The molecule has 0 aliphatic heterocycles. The SMILES string of the molecule is Cc1nn(CC(C)C)c2nc3ccccc3nc12. The largest absolute Gasteiger partial charge is 0.245 e. The number of aromatic nitrogens is 4. The molecule has 0 aliphatic rings. The van der Waals surface area contributed by atoms with Crippen LogP contribution < -0.4 is 0 Å². The van der Waals surface area contributed by atoms with Gasteiger partial charge in [0.15, 0.2) is 5.65 Å². The number of nitrogens with zero attached hydrogens (tertiary/aromatic N) is 4. The zero-order chi connectivity index (χ0) is 12.7. The lowest BCUT2D eigenvalue weighted by Crippen LogP contribution is -2.07. The van der Waals surface area contributed by atoms with Gasteiger partial charge in [0.25, 0.3) is 0 Å². The molecule has 18 heavy (non-hydrogen) atoms. The van der Waals surface area contributed by atoms with Crippen molar-refractivity contribution in [3.8, 4) is 0 Å². The molecule has 0 spiro atoms. The molecule has 4 nitrogen and oxygen atoms in total. The third kappa shape index (κ3) is 1.74. The van der Waals surface area contributed by atoms with Gasteiger partial charge in [0, 0.05) is 6.54 Å². The molecular formula is C14H16N4. The minimum absolute atomic E-state index is 0.542. The average Bonchev–Trinajstić information content (AvgIpc) is 2.63. The molecule has 0 radical (unpaired) electrons. The summed E-state index contributed by atoms with van der Waals surface area (Å²) < 4.78 is 1.97. The zero-order valence-electron chi connectivity index (χ0n) is 10.9. The summed E-state index contributed by atoms with van der Waals surface area (Å²) in [6.45, 7) is 7.22. The van der Waals surface area contributed by atoms with Gasteiger partial charge in [-0.25, -0.2) is 14.6 Å². The van der Waals surface area contributed by atoms with Crippen molar-refractivity contribution < 1.29 is 0 Å². The minimum Gasteiger partial charge on any atom is -0.245 e. The van der Waals surface area contributed by atoms with Gasteiger partial charge in [-0.1, -0.05) is 26.0 Å². The van der Waals surface area contributed by atoms with Crippen LogP contribution >= 0.6 is 0 Å². The molecular weight excluding hydrogens is 224 g/mol. The van der Waals surface area contributed by atoms with E-state index < -0.39 is 0 Å². The molecule has 0 saturated heterocycles. The quantitative estimate of drug-likeness (QED) is 0.691. The summed E-state index contributed by atoms with van der Waals surface area (Å²) in [5.41, 5.74) is 4.60. The number of benzene rings is 1. The molecule has 2 heterocycles. The Hall–Kier alpha value is -1.97. The van der Waals surface area contributed by atoms with E-state index in [1.807, 2.05) is 35.9 Å². The van der Waals surface area contributed by atoms with Crippen LogP contribution in [0.5, 0.6) is 0 Å². The summed E-state index contributed by atoms with van der Waals surface area (Å²) in [5.74, 6) is 0.542. The van der Waals surface area contributed by atoms with Crippen LogP contribution in [0, 0.1) is 12.8 Å². The summed E-state index contributed by atoms with van der Waals surface area (Å²) in [4.78, 5) is 9.35. The van der Waals surface area contributed by atoms with Crippen molar-refractivity contribution in [2.24, 2.45) is 5.92 Å². The molecule has 0 bridgehead atoms. The van der Waals surface area contributed by atoms with E-state index in [0.717, 1.165) is 34.4 Å². The monoisotopic (exact) mass is 240 g/mol. The molecule has 3 rings (SSSR count). The molecule has 0 fully saturated rings. The summed E-state index contributed by atoms with van der Waals surface area (Å²) in [6.07, 6.45) is 0. The van der Waals surface area contributed by atoms with Crippen LogP contribution in [0.3, 0.4) is 0 Å². The van der Waals surface area contributed by atoms with Crippen molar-refractivity contribution >= 4 is 22.2 Å². The lowest BCUT2D eigenvalue weighted by Gasteiger charge is -2.05. The van der Waals surface area contributed by atoms with Crippen LogP contribution in [0.15, 0.2) is 24.3 Å². The fourth-order valence-corrected chi connectivity index (χ4v) is 2.16. The maximum Gasteiger partial charge on any atom is 0.177 e. The zero-order valence-corrected chi connectivity index (χ0v) is 10.9. The second-order valence-corrected chi connectivity index (χ2v) is 5.05. The van der Waals surface area contributed by atoms with E-state index in [-0.39, 0.29) is 0 Å². The standard InChI is InChI=1S/C14H16N4/c1-9(2)8-18-14-13(10(3)17-18)15-11-6-4-5-7-12(11)16-14/h4-7,9H,8H2,1-3H3. The highest BCUT2D eigenvalue weighted by molar-refractivity contribution is 5.85. The number of hydrogen-bond acceptors (Lipinski definition) is 3. The first-order chi connectivity index (χ1) is 8.65.